The summed E-state index contributed by atoms with van der Waals surface area (Å²) in [6.07, 6.45) is 0. The summed E-state index contributed by atoms with van der Waals surface area (Å²) >= 11 is 2.96. The van der Waals surface area contributed by atoms with Crippen LogP contribution in [0.4, 0.5) is 0 Å². The lowest BCUT2D eigenvalue weighted by Crippen LogP contribution is -2.39. The Labute approximate surface area is 79.0 Å². The summed E-state index contributed by atoms with van der Waals surface area (Å²) in [7, 11) is 0. The fourth-order valence-electron chi connectivity index (χ4n) is 0.764. The van der Waals surface area contributed by atoms with Gasteiger partial charge in [0.15, 0.2) is 0 Å². The normalized spacial score (nSPS) is 11.9. The van der Waals surface area contributed by atoms with Crippen LogP contribution in [0.2, 0.25) is 0 Å². The van der Waals surface area contributed by atoms with Crippen LogP contribution in [-0.4, -0.2) is 27.9 Å². The first kappa shape index (κ1) is 11.2. The molecule has 0 fully saturated rings. The Morgan fingerprint density at radius 1 is 1.58 bits per heavy atom. The molecule has 1 amide bonds. The van der Waals surface area contributed by atoms with Gasteiger partial charge in [0.2, 0.25) is 5.91 Å². The molecule has 0 saturated carbocycles. The molecule has 68 valence electrons. The van der Waals surface area contributed by atoms with E-state index in [9.17, 15) is 9.59 Å². The van der Waals surface area contributed by atoms with E-state index in [4.69, 9.17) is 5.11 Å². The van der Waals surface area contributed by atoms with Crippen LogP contribution in [0.1, 0.15) is 13.8 Å². The molecule has 0 spiro atoms. The minimum atomic E-state index is -1.06. The third-order valence-corrected chi connectivity index (χ3v) is 1.73. The highest BCUT2D eigenvalue weighted by molar-refractivity contribution is 9.11. The maximum Gasteiger partial charge on any atom is 0.326 e. The lowest BCUT2D eigenvalue weighted by Gasteiger charge is -2.23. The molecule has 0 aromatic heterocycles. The van der Waals surface area contributed by atoms with Crippen molar-refractivity contribution in [3.63, 3.8) is 0 Å². The van der Waals surface area contributed by atoms with Gasteiger partial charge in [-0.2, -0.15) is 0 Å². The fraction of sp³-hybridized carbons (Fsp3) is 0.429. The Kier molecular flexibility index (Phi) is 3.95. The molecule has 0 aliphatic rings. The van der Waals surface area contributed by atoms with Crippen molar-refractivity contribution in [2.45, 2.75) is 19.9 Å². The highest BCUT2D eigenvalue weighted by Gasteiger charge is 2.23. The Hall–Kier alpha value is -0.840. The highest BCUT2D eigenvalue weighted by atomic mass is 79.9. The van der Waals surface area contributed by atoms with E-state index >= 15 is 0 Å². The molecule has 0 heterocycles. The third kappa shape index (κ3) is 2.65. The van der Waals surface area contributed by atoms with E-state index in [0.29, 0.717) is 0 Å². The third-order valence-electron chi connectivity index (χ3n) is 1.35. The Balaban J connectivity index is 4.63. The van der Waals surface area contributed by atoms with Crippen LogP contribution >= 0.6 is 15.9 Å². The Bertz CT molecular complexity index is 213. The van der Waals surface area contributed by atoms with Crippen molar-refractivity contribution in [2.24, 2.45) is 0 Å². The van der Waals surface area contributed by atoms with Crippen molar-refractivity contribution in [3.8, 4) is 0 Å². The lowest BCUT2D eigenvalue weighted by molar-refractivity contribution is -0.146. The van der Waals surface area contributed by atoms with Crippen molar-refractivity contribution in [2.75, 3.05) is 0 Å². The number of aliphatic carboxylic acids is 1. The quantitative estimate of drug-likeness (QED) is 0.748. The SMILES string of the molecule is C=C(Br)N(C(C)=O)[C@@H](C)C(=O)O. The molecule has 0 aromatic carbocycles. The van der Waals surface area contributed by atoms with E-state index in [1.54, 1.807) is 0 Å². The summed E-state index contributed by atoms with van der Waals surface area (Å²) in [5, 5.41) is 8.59. The Morgan fingerprint density at radius 3 is 2.08 bits per heavy atom. The van der Waals surface area contributed by atoms with Gasteiger partial charge in [-0.25, -0.2) is 4.79 Å². The van der Waals surface area contributed by atoms with Crippen LogP contribution in [0.5, 0.6) is 0 Å². The van der Waals surface area contributed by atoms with E-state index in [-0.39, 0.29) is 10.5 Å². The zero-order chi connectivity index (χ0) is 9.89. The summed E-state index contributed by atoms with van der Waals surface area (Å²) in [4.78, 5) is 22.5. The largest absolute Gasteiger partial charge is 0.480 e. The van der Waals surface area contributed by atoms with Crippen molar-refractivity contribution >= 4 is 27.8 Å². The second-order valence-electron chi connectivity index (χ2n) is 2.28. The molecule has 1 N–H and O–H groups in total. The molecule has 0 radical (unpaired) electrons. The van der Waals surface area contributed by atoms with Gasteiger partial charge in [0, 0.05) is 6.92 Å². The number of hydrogen-bond donors (Lipinski definition) is 1. The molecular weight excluding hydrogens is 226 g/mol. The smallest absolute Gasteiger partial charge is 0.326 e. The molecule has 0 aliphatic heterocycles. The van der Waals surface area contributed by atoms with Gasteiger partial charge in [-0.05, 0) is 22.9 Å². The highest BCUT2D eigenvalue weighted by Crippen LogP contribution is 2.13. The number of halogens is 1. The summed E-state index contributed by atoms with van der Waals surface area (Å²) < 4.78 is 0.255. The number of nitrogens with zero attached hydrogens (tertiary/aromatic N) is 1. The second-order valence-corrected chi connectivity index (χ2v) is 3.19. The van der Waals surface area contributed by atoms with Crippen LogP contribution in [0, 0.1) is 0 Å². The molecule has 0 rings (SSSR count). The molecule has 1 atom stereocenters. The molecule has 4 nitrogen and oxygen atoms in total. The van der Waals surface area contributed by atoms with E-state index in [1.165, 1.54) is 13.8 Å². The second kappa shape index (κ2) is 4.25. The molecule has 0 unspecified atom stereocenters. The van der Waals surface area contributed by atoms with Gasteiger partial charge >= 0.3 is 5.97 Å². The minimum absolute atomic E-state index is 0.255. The summed E-state index contributed by atoms with van der Waals surface area (Å²) in [5.41, 5.74) is 0. The topological polar surface area (TPSA) is 57.6 Å². The zero-order valence-corrected chi connectivity index (χ0v) is 8.46. The molecule has 0 saturated heterocycles. The van der Waals surface area contributed by atoms with Crippen LogP contribution < -0.4 is 0 Å². The minimum Gasteiger partial charge on any atom is -0.480 e. The summed E-state index contributed by atoms with van der Waals surface area (Å²) in [6.45, 7) is 6.14. The summed E-state index contributed by atoms with van der Waals surface area (Å²) in [6, 6.07) is -0.894. The van der Waals surface area contributed by atoms with Crippen LogP contribution in [0.25, 0.3) is 0 Å². The van der Waals surface area contributed by atoms with Gasteiger partial charge in [-0.3, -0.25) is 9.69 Å². The number of carbonyl (C=O) groups is 2. The number of hydrogen-bond acceptors (Lipinski definition) is 2. The van der Waals surface area contributed by atoms with Gasteiger partial charge in [0.05, 0.1) is 4.61 Å². The fourth-order valence-corrected chi connectivity index (χ4v) is 1.32. The zero-order valence-electron chi connectivity index (χ0n) is 6.87. The number of amides is 1. The number of carbonyl (C=O) groups excluding carboxylic acids is 1. The number of carboxylic acid groups (broad SMARTS) is 1. The Morgan fingerprint density at radius 2 is 2.00 bits per heavy atom. The monoisotopic (exact) mass is 235 g/mol. The number of rotatable bonds is 3. The van der Waals surface area contributed by atoms with Gasteiger partial charge in [0.25, 0.3) is 0 Å². The average molecular weight is 236 g/mol. The predicted octanol–water partition coefficient (Wildman–Crippen LogP) is 1.17. The van der Waals surface area contributed by atoms with Crippen molar-refractivity contribution < 1.29 is 14.7 Å². The van der Waals surface area contributed by atoms with Crippen LogP contribution in [-0.2, 0) is 9.59 Å². The first-order valence-electron chi connectivity index (χ1n) is 3.25. The standard InChI is InChI=1S/C7H10BrNO3/c1-4(7(11)12)9(5(2)8)6(3)10/h4H,2H2,1,3H3,(H,11,12)/t4-/m0/s1. The lowest BCUT2D eigenvalue weighted by atomic mass is 10.3. The predicted molar refractivity (Wildman–Crippen MR) is 47.7 cm³/mol. The summed E-state index contributed by atoms with van der Waals surface area (Å²) in [5.74, 6) is -1.42. The van der Waals surface area contributed by atoms with Crippen molar-refractivity contribution in [3.05, 3.63) is 11.2 Å². The molecule has 0 bridgehead atoms. The molecular formula is C7H10BrNO3. The van der Waals surface area contributed by atoms with Gasteiger partial charge in [-0.1, -0.05) is 6.58 Å². The molecule has 5 heteroatoms. The average Bonchev–Trinajstić information content (AvgIpc) is 1.85. The van der Waals surface area contributed by atoms with E-state index < -0.39 is 12.0 Å². The molecule has 0 aliphatic carbocycles. The van der Waals surface area contributed by atoms with Crippen LogP contribution in [0.3, 0.4) is 0 Å². The molecule has 12 heavy (non-hydrogen) atoms. The van der Waals surface area contributed by atoms with Crippen LogP contribution in [0.15, 0.2) is 11.2 Å². The van der Waals surface area contributed by atoms with Crippen molar-refractivity contribution in [1.82, 2.24) is 4.90 Å². The van der Waals surface area contributed by atoms with Gasteiger partial charge < -0.3 is 5.11 Å². The van der Waals surface area contributed by atoms with Crippen molar-refractivity contribution in [1.29, 1.82) is 0 Å². The van der Waals surface area contributed by atoms with Gasteiger partial charge in [0.1, 0.15) is 6.04 Å². The van der Waals surface area contributed by atoms with Gasteiger partial charge in [-0.15, -0.1) is 0 Å². The maximum absolute atomic E-state index is 10.9. The van der Waals surface area contributed by atoms with E-state index in [1.807, 2.05) is 0 Å². The van der Waals surface area contributed by atoms with E-state index in [2.05, 4.69) is 22.5 Å². The first-order valence-corrected chi connectivity index (χ1v) is 4.04. The first-order chi connectivity index (χ1) is 5.37. The number of carboxylic acids is 1. The van der Waals surface area contributed by atoms with E-state index in [0.717, 1.165) is 4.90 Å². The maximum atomic E-state index is 10.9. The molecule has 0 aromatic rings.